The number of carboxylic acids is 1. The van der Waals surface area contributed by atoms with Gasteiger partial charge in [0.1, 0.15) is 0 Å². The summed E-state index contributed by atoms with van der Waals surface area (Å²) in [7, 11) is 1.52. The second-order valence-electron chi connectivity index (χ2n) is 5.89. The van der Waals surface area contributed by atoms with Gasteiger partial charge in [0.25, 0.3) is 0 Å². The summed E-state index contributed by atoms with van der Waals surface area (Å²) in [5.41, 5.74) is 0.354. The number of aromatic nitrogens is 2. The molecule has 0 aliphatic carbocycles. The summed E-state index contributed by atoms with van der Waals surface area (Å²) in [5, 5.41) is 15.1. The van der Waals surface area contributed by atoms with Crippen molar-refractivity contribution in [2.75, 3.05) is 0 Å². The molecular formula is C17H18F3N3O3. The number of carbonyl (C=O) groups excluding carboxylic acids is 1. The number of carbonyl (C=O) groups is 2. The third-order valence-corrected chi connectivity index (χ3v) is 4.09. The molecule has 1 amide bonds. The van der Waals surface area contributed by atoms with Crippen LogP contribution in [0.25, 0.3) is 0 Å². The van der Waals surface area contributed by atoms with Crippen molar-refractivity contribution in [2.24, 2.45) is 7.05 Å². The van der Waals surface area contributed by atoms with Crippen LogP contribution in [0.2, 0.25) is 0 Å². The van der Waals surface area contributed by atoms with E-state index in [9.17, 15) is 22.8 Å². The zero-order valence-corrected chi connectivity index (χ0v) is 14.4. The van der Waals surface area contributed by atoms with Crippen LogP contribution in [0, 0.1) is 13.8 Å². The largest absolute Gasteiger partial charge is 0.478 e. The van der Waals surface area contributed by atoms with E-state index in [1.54, 1.807) is 0 Å². The number of aromatic carboxylic acids is 1. The number of halogens is 3. The molecule has 2 rings (SSSR count). The molecule has 0 saturated heterocycles. The molecule has 2 aromatic rings. The summed E-state index contributed by atoms with van der Waals surface area (Å²) in [6, 6.07) is 3.46. The highest BCUT2D eigenvalue weighted by Crippen LogP contribution is 2.35. The van der Waals surface area contributed by atoms with E-state index in [0.717, 1.165) is 0 Å². The molecule has 1 unspecified atom stereocenters. The molecular weight excluding hydrogens is 351 g/mol. The Bertz CT molecular complexity index is 844. The second kappa shape index (κ2) is 7.19. The minimum Gasteiger partial charge on any atom is -0.478 e. The highest BCUT2D eigenvalue weighted by molar-refractivity contribution is 5.91. The molecule has 9 heteroatoms. The molecule has 1 aromatic carbocycles. The molecule has 0 radical (unpaired) electrons. The van der Waals surface area contributed by atoms with Crippen LogP contribution >= 0.6 is 0 Å². The van der Waals surface area contributed by atoms with Crippen molar-refractivity contribution in [1.29, 1.82) is 0 Å². The van der Waals surface area contributed by atoms with Crippen molar-refractivity contribution in [2.45, 2.75) is 32.5 Å². The van der Waals surface area contributed by atoms with Crippen LogP contribution in [0.3, 0.4) is 0 Å². The highest BCUT2D eigenvalue weighted by Gasteiger charge is 2.44. The van der Waals surface area contributed by atoms with Crippen molar-refractivity contribution in [3.05, 3.63) is 52.3 Å². The summed E-state index contributed by atoms with van der Waals surface area (Å²) < 4.78 is 41.9. The van der Waals surface area contributed by atoms with E-state index in [-0.39, 0.29) is 28.1 Å². The van der Waals surface area contributed by atoms with Gasteiger partial charge >= 0.3 is 12.1 Å². The van der Waals surface area contributed by atoms with E-state index < -0.39 is 30.5 Å². The van der Waals surface area contributed by atoms with Crippen LogP contribution in [-0.4, -0.2) is 32.9 Å². The van der Waals surface area contributed by atoms with E-state index in [2.05, 4.69) is 5.10 Å². The van der Waals surface area contributed by atoms with Gasteiger partial charge in [-0.25, -0.2) is 4.79 Å². The molecule has 0 aliphatic rings. The summed E-state index contributed by atoms with van der Waals surface area (Å²) in [5.74, 6) is -2.18. The Labute approximate surface area is 147 Å². The number of aryl methyl sites for hydroxylation is 2. The van der Waals surface area contributed by atoms with Crippen molar-refractivity contribution in [1.82, 2.24) is 15.1 Å². The third-order valence-electron chi connectivity index (χ3n) is 4.09. The molecule has 1 aromatic heterocycles. The van der Waals surface area contributed by atoms with Gasteiger partial charge < -0.3 is 10.4 Å². The van der Waals surface area contributed by atoms with Gasteiger partial charge in [-0.3, -0.25) is 9.48 Å². The Hall–Kier alpha value is -2.84. The summed E-state index contributed by atoms with van der Waals surface area (Å²) >= 11 is 0. The first-order valence-electron chi connectivity index (χ1n) is 7.69. The van der Waals surface area contributed by atoms with Gasteiger partial charge in [-0.05, 0) is 25.5 Å². The van der Waals surface area contributed by atoms with Crippen molar-refractivity contribution >= 4 is 11.9 Å². The van der Waals surface area contributed by atoms with E-state index in [0.29, 0.717) is 0 Å². The lowest BCUT2D eigenvalue weighted by Crippen LogP contribution is -2.39. The number of hydrogen-bond acceptors (Lipinski definition) is 3. The zero-order valence-electron chi connectivity index (χ0n) is 14.4. The second-order valence-corrected chi connectivity index (χ2v) is 5.89. The minimum absolute atomic E-state index is 0.111. The number of benzene rings is 1. The average Bonchev–Trinajstić information content (AvgIpc) is 2.77. The van der Waals surface area contributed by atoms with Crippen LogP contribution in [0.5, 0.6) is 0 Å². The smallest absolute Gasteiger partial charge is 0.413 e. The fourth-order valence-corrected chi connectivity index (χ4v) is 2.79. The standard InChI is InChI=1S/C17H18F3N3O3/c1-9-14(10(2)23(3)22-9)15(17(18,19)20)21-13(24)8-11-6-4-5-7-12(11)16(25)26/h4-7,15H,8H2,1-3H3,(H,21,24)(H,25,26). The number of alkyl halides is 3. The summed E-state index contributed by atoms with van der Waals surface area (Å²) in [4.78, 5) is 23.4. The number of nitrogens with one attached hydrogen (secondary N) is 1. The predicted octanol–water partition coefficient (Wildman–Crippen LogP) is 2.70. The molecule has 0 aliphatic heterocycles. The maximum Gasteiger partial charge on any atom is 0.413 e. The first-order chi connectivity index (χ1) is 12.0. The molecule has 6 nitrogen and oxygen atoms in total. The fourth-order valence-electron chi connectivity index (χ4n) is 2.79. The lowest BCUT2D eigenvalue weighted by atomic mass is 10.0. The topological polar surface area (TPSA) is 84.2 Å². The van der Waals surface area contributed by atoms with Crippen molar-refractivity contribution < 1.29 is 27.9 Å². The van der Waals surface area contributed by atoms with E-state index in [1.165, 1.54) is 49.8 Å². The Morgan fingerprint density at radius 3 is 2.38 bits per heavy atom. The Balaban J connectivity index is 2.30. The normalized spacial score (nSPS) is 12.7. The van der Waals surface area contributed by atoms with Gasteiger partial charge in [-0.2, -0.15) is 18.3 Å². The van der Waals surface area contributed by atoms with Gasteiger partial charge in [0.2, 0.25) is 5.91 Å². The van der Waals surface area contributed by atoms with Gasteiger partial charge in [0.15, 0.2) is 6.04 Å². The lowest BCUT2D eigenvalue weighted by molar-refractivity contribution is -0.163. The van der Waals surface area contributed by atoms with Gasteiger partial charge in [-0.1, -0.05) is 18.2 Å². The summed E-state index contributed by atoms with van der Waals surface area (Å²) in [6.45, 7) is 2.92. The average molecular weight is 369 g/mol. The first kappa shape index (κ1) is 19.5. The van der Waals surface area contributed by atoms with E-state index >= 15 is 0 Å². The molecule has 2 N–H and O–H groups in total. The van der Waals surface area contributed by atoms with Gasteiger partial charge in [-0.15, -0.1) is 0 Å². The molecule has 0 saturated carbocycles. The molecule has 26 heavy (non-hydrogen) atoms. The molecule has 0 fully saturated rings. The fraction of sp³-hybridized carbons (Fsp3) is 0.353. The minimum atomic E-state index is -4.72. The molecule has 0 bridgehead atoms. The monoisotopic (exact) mass is 369 g/mol. The number of amides is 1. The predicted molar refractivity (Wildman–Crippen MR) is 86.7 cm³/mol. The quantitative estimate of drug-likeness (QED) is 0.849. The maximum atomic E-state index is 13.5. The molecule has 140 valence electrons. The number of hydrogen-bond donors (Lipinski definition) is 2. The molecule has 1 heterocycles. The van der Waals surface area contributed by atoms with Gasteiger partial charge in [0.05, 0.1) is 17.7 Å². The SMILES string of the molecule is Cc1nn(C)c(C)c1C(NC(=O)Cc1ccccc1C(=O)O)C(F)(F)F. The number of nitrogens with zero attached hydrogens (tertiary/aromatic N) is 2. The Morgan fingerprint density at radius 2 is 1.88 bits per heavy atom. The molecule has 1 atom stereocenters. The van der Waals surface area contributed by atoms with Crippen LogP contribution in [0.4, 0.5) is 13.2 Å². The Morgan fingerprint density at radius 1 is 1.27 bits per heavy atom. The number of carboxylic acid groups (broad SMARTS) is 1. The van der Waals surface area contributed by atoms with Crippen LogP contribution in [0.15, 0.2) is 24.3 Å². The van der Waals surface area contributed by atoms with E-state index in [4.69, 9.17) is 5.11 Å². The van der Waals surface area contributed by atoms with Crippen LogP contribution in [0.1, 0.15) is 38.9 Å². The zero-order chi connectivity index (χ0) is 19.6. The van der Waals surface area contributed by atoms with Crippen molar-refractivity contribution in [3.8, 4) is 0 Å². The highest BCUT2D eigenvalue weighted by atomic mass is 19.4. The summed E-state index contributed by atoms with van der Waals surface area (Å²) in [6.07, 6.45) is -5.20. The lowest BCUT2D eigenvalue weighted by Gasteiger charge is -2.22. The van der Waals surface area contributed by atoms with E-state index in [1.807, 2.05) is 5.32 Å². The first-order valence-corrected chi connectivity index (χ1v) is 7.69. The third kappa shape index (κ3) is 4.04. The van der Waals surface area contributed by atoms with Crippen LogP contribution < -0.4 is 5.32 Å². The van der Waals surface area contributed by atoms with Gasteiger partial charge in [0, 0.05) is 18.3 Å². The maximum absolute atomic E-state index is 13.5. The number of rotatable bonds is 5. The molecule has 0 spiro atoms. The van der Waals surface area contributed by atoms with Crippen molar-refractivity contribution in [3.63, 3.8) is 0 Å². The Kier molecular flexibility index (Phi) is 5.38. The van der Waals surface area contributed by atoms with Crippen LogP contribution in [-0.2, 0) is 18.3 Å².